The highest BCUT2D eigenvalue weighted by Crippen LogP contribution is 2.38. The molecule has 0 aromatic heterocycles. The van der Waals surface area contributed by atoms with Crippen molar-refractivity contribution >= 4 is 0 Å². The van der Waals surface area contributed by atoms with E-state index in [0.29, 0.717) is 0 Å². The average molecular weight is 379 g/mol. The number of methoxy groups -OCH3 is 3. The quantitative estimate of drug-likeness (QED) is 0.471. The lowest BCUT2D eigenvalue weighted by atomic mass is 9.77. The van der Waals surface area contributed by atoms with E-state index < -0.39 is 5.54 Å². The summed E-state index contributed by atoms with van der Waals surface area (Å²) in [5, 5.41) is 0. The van der Waals surface area contributed by atoms with E-state index in [1.807, 2.05) is 72.8 Å². The predicted molar refractivity (Wildman–Crippen MR) is 109 cm³/mol. The van der Waals surface area contributed by atoms with Crippen molar-refractivity contribution in [2.45, 2.75) is 5.54 Å². The molecule has 0 saturated heterocycles. The second-order valence-electron chi connectivity index (χ2n) is 6.24. The van der Waals surface area contributed by atoms with Crippen molar-refractivity contribution < 1.29 is 19.0 Å². The second-order valence-corrected chi connectivity index (χ2v) is 6.24. The first-order chi connectivity index (χ1) is 13.7. The van der Waals surface area contributed by atoms with E-state index in [2.05, 4.69) is 5.48 Å². The minimum atomic E-state index is -0.737. The largest absolute Gasteiger partial charge is 0.497 e. The summed E-state index contributed by atoms with van der Waals surface area (Å²) in [6.45, 7) is 0. The van der Waals surface area contributed by atoms with E-state index in [0.717, 1.165) is 33.9 Å². The molecule has 1 N–H and O–H groups in total. The van der Waals surface area contributed by atoms with Gasteiger partial charge in [0, 0.05) is 0 Å². The lowest BCUT2D eigenvalue weighted by molar-refractivity contribution is 0.0428. The highest BCUT2D eigenvalue weighted by Gasteiger charge is 2.37. The van der Waals surface area contributed by atoms with Crippen LogP contribution in [-0.2, 0) is 10.4 Å². The zero-order chi connectivity index (χ0) is 20.0. The number of rotatable bonds is 8. The molecule has 0 bridgehead atoms. The third-order valence-electron chi connectivity index (χ3n) is 4.82. The standard InChI is InChI=1S/C23H25NO4/c1-25-20-11-5-17(6-12-20)23(24-28-4,18-7-13-21(26-2)14-8-18)19-9-15-22(27-3)16-10-19/h5-16,24H,1-4H3. The molecule has 3 rings (SSSR count). The van der Waals surface area contributed by atoms with Crippen molar-refractivity contribution in [1.29, 1.82) is 0 Å². The Balaban J connectivity index is 2.23. The number of ether oxygens (including phenoxy) is 3. The summed E-state index contributed by atoms with van der Waals surface area (Å²) >= 11 is 0. The molecular formula is C23H25NO4. The number of hydrogen-bond acceptors (Lipinski definition) is 5. The molecule has 3 aromatic carbocycles. The summed E-state index contributed by atoms with van der Waals surface area (Å²) in [7, 11) is 6.58. The molecule has 0 spiro atoms. The molecule has 5 heteroatoms. The molecular weight excluding hydrogens is 354 g/mol. The summed E-state index contributed by atoms with van der Waals surface area (Å²) in [6, 6.07) is 23.8. The van der Waals surface area contributed by atoms with Crippen molar-refractivity contribution in [1.82, 2.24) is 5.48 Å². The monoisotopic (exact) mass is 379 g/mol. The normalized spacial score (nSPS) is 11.1. The van der Waals surface area contributed by atoms with Crippen molar-refractivity contribution in [2.75, 3.05) is 28.4 Å². The Hall–Kier alpha value is -3.02. The fourth-order valence-corrected chi connectivity index (χ4v) is 3.35. The summed E-state index contributed by atoms with van der Waals surface area (Å²) in [6.07, 6.45) is 0. The van der Waals surface area contributed by atoms with Gasteiger partial charge >= 0.3 is 0 Å². The van der Waals surface area contributed by atoms with Gasteiger partial charge in [-0.25, -0.2) is 0 Å². The molecule has 5 nitrogen and oxygen atoms in total. The number of benzene rings is 3. The third kappa shape index (κ3) is 3.67. The van der Waals surface area contributed by atoms with Crippen LogP contribution in [0.5, 0.6) is 17.2 Å². The fraction of sp³-hybridized carbons (Fsp3) is 0.217. The lowest BCUT2D eigenvalue weighted by Gasteiger charge is -2.36. The zero-order valence-electron chi connectivity index (χ0n) is 16.6. The molecule has 0 aliphatic rings. The first-order valence-electron chi connectivity index (χ1n) is 8.91. The molecule has 0 amide bonds. The van der Waals surface area contributed by atoms with Gasteiger partial charge in [0.2, 0.25) is 0 Å². The summed E-state index contributed by atoms with van der Waals surface area (Å²) in [5.41, 5.74) is 5.51. The van der Waals surface area contributed by atoms with Crippen LogP contribution in [0, 0.1) is 0 Å². The van der Waals surface area contributed by atoms with Crippen LogP contribution in [0.15, 0.2) is 72.8 Å². The summed E-state index contributed by atoms with van der Waals surface area (Å²) in [5.74, 6) is 2.37. The van der Waals surface area contributed by atoms with Crippen LogP contribution in [0.1, 0.15) is 16.7 Å². The van der Waals surface area contributed by atoms with Crippen molar-refractivity contribution in [3.8, 4) is 17.2 Å². The Morgan fingerprint density at radius 1 is 0.500 bits per heavy atom. The highest BCUT2D eigenvalue weighted by molar-refractivity contribution is 5.52. The van der Waals surface area contributed by atoms with Crippen LogP contribution in [-0.4, -0.2) is 28.4 Å². The van der Waals surface area contributed by atoms with Gasteiger partial charge in [0.25, 0.3) is 0 Å². The van der Waals surface area contributed by atoms with Gasteiger partial charge in [0.05, 0.1) is 28.4 Å². The van der Waals surface area contributed by atoms with E-state index in [-0.39, 0.29) is 0 Å². The van der Waals surface area contributed by atoms with Crippen molar-refractivity contribution in [2.24, 2.45) is 0 Å². The highest BCUT2D eigenvalue weighted by atomic mass is 16.6. The van der Waals surface area contributed by atoms with Gasteiger partial charge in [-0.3, -0.25) is 0 Å². The second kappa shape index (κ2) is 8.78. The fourth-order valence-electron chi connectivity index (χ4n) is 3.35. The predicted octanol–water partition coefficient (Wildman–Crippen LogP) is 4.16. The molecule has 146 valence electrons. The first-order valence-corrected chi connectivity index (χ1v) is 8.91. The topological polar surface area (TPSA) is 49.0 Å². The first kappa shape index (κ1) is 19.7. The number of hydroxylamine groups is 1. The van der Waals surface area contributed by atoms with E-state index in [4.69, 9.17) is 19.0 Å². The molecule has 28 heavy (non-hydrogen) atoms. The minimum absolute atomic E-state index is 0.737. The maximum Gasteiger partial charge on any atom is 0.118 e. The van der Waals surface area contributed by atoms with E-state index in [1.165, 1.54) is 0 Å². The third-order valence-corrected chi connectivity index (χ3v) is 4.82. The van der Waals surface area contributed by atoms with Crippen LogP contribution in [0.3, 0.4) is 0 Å². The Labute approximate surface area is 165 Å². The van der Waals surface area contributed by atoms with E-state index >= 15 is 0 Å². The van der Waals surface area contributed by atoms with Crippen LogP contribution in [0.2, 0.25) is 0 Å². The van der Waals surface area contributed by atoms with Gasteiger partial charge in [-0.15, -0.1) is 0 Å². The zero-order valence-corrected chi connectivity index (χ0v) is 16.6. The molecule has 0 aliphatic carbocycles. The number of hydrogen-bond donors (Lipinski definition) is 1. The summed E-state index contributed by atoms with van der Waals surface area (Å²) < 4.78 is 16.0. The smallest absolute Gasteiger partial charge is 0.118 e. The molecule has 0 fully saturated rings. The SMILES string of the molecule is CONC(c1ccc(OC)cc1)(c1ccc(OC)cc1)c1ccc(OC)cc1. The lowest BCUT2D eigenvalue weighted by Crippen LogP contribution is -2.44. The maximum atomic E-state index is 5.50. The molecule has 0 heterocycles. The van der Waals surface area contributed by atoms with Crippen LogP contribution in [0.25, 0.3) is 0 Å². The molecule has 0 aliphatic heterocycles. The van der Waals surface area contributed by atoms with Gasteiger partial charge in [-0.2, -0.15) is 5.48 Å². The average Bonchev–Trinajstić information content (AvgIpc) is 2.78. The van der Waals surface area contributed by atoms with Crippen molar-refractivity contribution in [3.63, 3.8) is 0 Å². The Morgan fingerprint density at radius 3 is 1.00 bits per heavy atom. The van der Waals surface area contributed by atoms with E-state index in [1.54, 1.807) is 28.4 Å². The summed E-state index contributed by atoms with van der Waals surface area (Å²) in [4.78, 5) is 5.50. The molecule has 0 unspecified atom stereocenters. The minimum Gasteiger partial charge on any atom is -0.497 e. The Kier molecular flexibility index (Phi) is 6.19. The number of nitrogens with one attached hydrogen (secondary N) is 1. The van der Waals surface area contributed by atoms with Crippen LogP contribution in [0.4, 0.5) is 0 Å². The molecule has 0 atom stereocenters. The van der Waals surface area contributed by atoms with Gasteiger partial charge in [0.15, 0.2) is 0 Å². The van der Waals surface area contributed by atoms with Crippen LogP contribution < -0.4 is 19.7 Å². The van der Waals surface area contributed by atoms with Crippen LogP contribution >= 0.6 is 0 Å². The van der Waals surface area contributed by atoms with Crippen molar-refractivity contribution in [3.05, 3.63) is 89.5 Å². The van der Waals surface area contributed by atoms with Gasteiger partial charge in [0.1, 0.15) is 22.8 Å². The van der Waals surface area contributed by atoms with Gasteiger partial charge in [-0.05, 0) is 53.1 Å². The molecule has 0 saturated carbocycles. The van der Waals surface area contributed by atoms with E-state index in [9.17, 15) is 0 Å². The van der Waals surface area contributed by atoms with Gasteiger partial charge < -0.3 is 19.0 Å². The maximum absolute atomic E-state index is 5.50. The Bertz CT molecular complexity index is 758. The Morgan fingerprint density at radius 2 is 0.786 bits per heavy atom. The molecule has 0 radical (unpaired) electrons. The molecule has 3 aromatic rings. The van der Waals surface area contributed by atoms with Gasteiger partial charge in [-0.1, -0.05) is 36.4 Å².